The van der Waals surface area contributed by atoms with Crippen LogP contribution in [0, 0.1) is 0 Å². The van der Waals surface area contributed by atoms with Gasteiger partial charge in [-0.05, 0) is 51.8 Å². The first-order chi connectivity index (χ1) is 12.0. The third kappa shape index (κ3) is 7.04. The molecule has 1 heterocycles. The Morgan fingerprint density at radius 1 is 1.16 bits per heavy atom. The van der Waals surface area contributed by atoms with Gasteiger partial charge in [-0.3, -0.25) is 0 Å². The van der Waals surface area contributed by atoms with Gasteiger partial charge in [0.05, 0.1) is 5.60 Å². The molecule has 5 heteroatoms. The number of aryl methyl sites for hydroxylation is 1. The summed E-state index contributed by atoms with van der Waals surface area (Å²) in [5.74, 6) is 0. The van der Waals surface area contributed by atoms with Crippen LogP contribution in [0.15, 0.2) is 30.3 Å². The first kappa shape index (κ1) is 19.7. The van der Waals surface area contributed by atoms with Crippen LogP contribution in [0.4, 0.5) is 4.79 Å². The van der Waals surface area contributed by atoms with Gasteiger partial charge in [-0.15, -0.1) is 0 Å². The second-order valence-electron chi connectivity index (χ2n) is 7.39. The minimum absolute atomic E-state index is 0.0243. The Bertz CT molecular complexity index is 519. The van der Waals surface area contributed by atoms with Crippen LogP contribution in [0.25, 0.3) is 0 Å². The van der Waals surface area contributed by atoms with Gasteiger partial charge in [0.25, 0.3) is 0 Å². The largest absolute Gasteiger partial charge is 0.377 e. The molecule has 1 N–H and O–H groups in total. The molecule has 0 unspecified atom stereocenters. The molecule has 0 aliphatic carbocycles. The molecule has 1 aromatic rings. The van der Waals surface area contributed by atoms with Crippen molar-refractivity contribution in [2.24, 2.45) is 0 Å². The highest BCUT2D eigenvalue weighted by atomic mass is 16.5. The van der Waals surface area contributed by atoms with Gasteiger partial charge >= 0.3 is 6.03 Å². The molecular formula is C20H33N3O2. The number of hydrogen-bond donors (Lipinski definition) is 1. The van der Waals surface area contributed by atoms with Crippen LogP contribution in [0.1, 0.15) is 32.3 Å². The molecule has 5 nitrogen and oxygen atoms in total. The van der Waals surface area contributed by atoms with Crippen molar-refractivity contribution >= 4 is 6.03 Å². The zero-order chi connectivity index (χ0) is 18.1. The molecule has 1 fully saturated rings. The molecular weight excluding hydrogens is 314 g/mol. The lowest BCUT2D eigenvalue weighted by Crippen LogP contribution is -2.47. The van der Waals surface area contributed by atoms with E-state index in [0.717, 1.165) is 52.0 Å². The van der Waals surface area contributed by atoms with Gasteiger partial charge in [0.15, 0.2) is 0 Å². The Labute approximate surface area is 152 Å². The number of hydrogen-bond acceptors (Lipinski definition) is 3. The van der Waals surface area contributed by atoms with E-state index >= 15 is 0 Å². The van der Waals surface area contributed by atoms with E-state index in [1.807, 2.05) is 18.7 Å². The van der Waals surface area contributed by atoms with Crippen LogP contribution < -0.4 is 5.32 Å². The number of ether oxygens (including phenoxy) is 1. The molecule has 2 amide bonds. The van der Waals surface area contributed by atoms with Crippen molar-refractivity contribution in [1.29, 1.82) is 0 Å². The van der Waals surface area contributed by atoms with E-state index in [4.69, 9.17) is 4.74 Å². The Kier molecular flexibility index (Phi) is 7.72. The van der Waals surface area contributed by atoms with Crippen molar-refractivity contribution in [3.63, 3.8) is 0 Å². The predicted molar refractivity (Wildman–Crippen MR) is 102 cm³/mol. The summed E-state index contributed by atoms with van der Waals surface area (Å²) in [5.41, 5.74) is 1.07. The van der Waals surface area contributed by atoms with Crippen molar-refractivity contribution in [3.05, 3.63) is 35.9 Å². The molecule has 0 spiro atoms. The number of benzene rings is 1. The van der Waals surface area contributed by atoms with Crippen molar-refractivity contribution in [2.75, 3.05) is 46.4 Å². The van der Waals surface area contributed by atoms with E-state index in [-0.39, 0.29) is 11.6 Å². The summed E-state index contributed by atoms with van der Waals surface area (Å²) < 4.78 is 5.36. The Morgan fingerprint density at radius 3 is 2.64 bits per heavy atom. The van der Waals surface area contributed by atoms with Gasteiger partial charge in [-0.2, -0.15) is 0 Å². The number of nitrogens with one attached hydrogen (secondary N) is 1. The van der Waals surface area contributed by atoms with Gasteiger partial charge < -0.3 is 19.9 Å². The molecule has 0 radical (unpaired) electrons. The van der Waals surface area contributed by atoms with Crippen LogP contribution in [0.3, 0.4) is 0 Å². The van der Waals surface area contributed by atoms with E-state index in [0.29, 0.717) is 6.54 Å². The van der Waals surface area contributed by atoms with Gasteiger partial charge in [0.2, 0.25) is 0 Å². The lowest BCUT2D eigenvalue weighted by atomic mass is 10.1. The zero-order valence-electron chi connectivity index (χ0n) is 16.0. The number of rotatable bonds is 7. The van der Waals surface area contributed by atoms with Gasteiger partial charge in [-0.1, -0.05) is 30.3 Å². The molecule has 25 heavy (non-hydrogen) atoms. The average molecular weight is 348 g/mol. The fourth-order valence-electron chi connectivity index (χ4n) is 3.02. The second kappa shape index (κ2) is 9.78. The number of urea groups is 1. The Balaban J connectivity index is 1.69. The fourth-order valence-corrected chi connectivity index (χ4v) is 3.02. The lowest BCUT2D eigenvalue weighted by Gasteiger charge is -2.27. The second-order valence-corrected chi connectivity index (χ2v) is 7.39. The van der Waals surface area contributed by atoms with Crippen molar-refractivity contribution in [2.45, 2.75) is 38.7 Å². The molecule has 1 saturated heterocycles. The molecule has 1 aromatic carbocycles. The molecule has 2 rings (SSSR count). The Morgan fingerprint density at radius 2 is 1.92 bits per heavy atom. The third-order valence-electron chi connectivity index (χ3n) is 4.88. The lowest BCUT2D eigenvalue weighted by molar-refractivity contribution is 0.0243. The third-order valence-corrected chi connectivity index (χ3v) is 4.88. The minimum Gasteiger partial charge on any atom is -0.377 e. The molecule has 0 saturated carbocycles. The first-order valence-corrected chi connectivity index (χ1v) is 9.34. The summed E-state index contributed by atoms with van der Waals surface area (Å²) >= 11 is 0. The first-order valence-electron chi connectivity index (χ1n) is 9.34. The van der Waals surface area contributed by atoms with Crippen LogP contribution in [0.5, 0.6) is 0 Å². The quantitative estimate of drug-likeness (QED) is 0.825. The maximum absolute atomic E-state index is 12.4. The molecule has 1 aliphatic heterocycles. The van der Waals surface area contributed by atoms with E-state index in [1.54, 1.807) is 7.11 Å². The van der Waals surface area contributed by atoms with E-state index in [2.05, 4.69) is 40.5 Å². The molecule has 140 valence electrons. The number of carbonyl (C=O) groups excluding carboxylic acids is 1. The highest BCUT2D eigenvalue weighted by Gasteiger charge is 2.22. The van der Waals surface area contributed by atoms with E-state index in [9.17, 15) is 4.79 Å². The summed E-state index contributed by atoms with van der Waals surface area (Å²) in [6, 6.07) is 10.7. The van der Waals surface area contributed by atoms with E-state index < -0.39 is 0 Å². The van der Waals surface area contributed by atoms with Crippen molar-refractivity contribution < 1.29 is 9.53 Å². The van der Waals surface area contributed by atoms with Crippen molar-refractivity contribution in [1.82, 2.24) is 15.1 Å². The maximum Gasteiger partial charge on any atom is 0.317 e. The summed E-state index contributed by atoms with van der Waals surface area (Å²) in [6.45, 7) is 9.23. The SMILES string of the molecule is COC(C)(C)CNC(=O)N1CCCN(CCCc2ccccc2)CC1. The summed E-state index contributed by atoms with van der Waals surface area (Å²) in [4.78, 5) is 16.8. The van der Waals surface area contributed by atoms with Crippen LogP contribution in [-0.2, 0) is 11.2 Å². The normalized spacial score (nSPS) is 16.5. The van der Waals surface area contributed by atoms with Gasteiger partial charge in [0, 0.05) is 33.3 Å². The maximum atomic E-state index is 12.4. The zero-order valence-corrected chi connectivity index (χ0v) is 16.0. The Hall–Kier alpha value is -1.59. The fraction of sp³-hybridized carbons (Fsp3) is 0.650. The molecule has 1 aliphatic rings. The monoisotopic (exact) mass is 347 g/mol. The minimum atomic E-state index is -0.328. The predicted octanol–water partition coefficient (Wildman–Crippen LogP) is 2.76. The highest BCUT2D eigenvalue weighted by Crippen LogP contribution is 2.09. The molecule has 0 atom stereocenters. The average Bonchev–Trinajstić information content (AvgIpc) is 2.86. The molecule has 0 bridgehead atoms. The summed E-state index contributed by atoms with van der Waals surface area (Å²) in [7, 11) is 1.67. The number of nitrogens with zero attached hydrogens (tertiary/aromatic N) is 2. The van der Waals surface area contributed by atoms with Crippen LogP contribution >= 0.6 is 0 Å². The van der Waals surface area contributed by atoms with Gasteiger partial charge in [0.1, 0.15) is 0 Å². The van der Waals surface area contributed by atoms with E-state index in [1.165, 1.54) is 5.56 Å². The number of methoxy groups -OCH3 is 1. The molecule has 0 aromatic heterocycles. The van der Waals surface area contributed by atoms with Crippen LogP contribution in [0.2, 0.25) is 0 Å². The smallest absolute Gasteiger partial charge is 0.317 e. The standard InChI is InChI=1S/C20H33N3O2/c1-20(2,25-3)17-21-19(24)23-14-8-13-22(15-16-23)12-7-11-18-9-5-4-6-10-18/h4-6,9-10H,7-8,11-17H2,1-3H3,(H,21,24). The summed E-state index contributed by atoms with van der Waals surface area (Å²) in [6.07, 6.45) is 3.32. The van der Waals surface area contributed by atoms with Gasteiger partial charge in [-0.25, -0.2) is 4.79 Å². The summed E-state index contributed by atoms with van der Waals surface area (Å²) in [5, 5.41) is 2.99. The topological polar surface area (TPSA) is 44.8 Å². The number of carbonyl (C=O) groups is 1. The van der Waals surface area contributed by atoms with Crippen LogP contribution in [-0.4, -0.2) is 67.8 Å². The number of amides is 2. The van der Waals surface area contributed by atoms with Crippen molar-refractivity contribution in [3.8, 4) is 0 Å². The highest BCUT2D eigenvalue weighted by molar-refractivity contribution is 5.74.